The number of rotatable bonds is 4. The molecule has 0 bridgehead atoms. The maximum atomic E-state index is 11.8. The largest absolute Gasteiger partial charge is 0.356 e. The lowest BCUT2D eigenvalue weighted by Gasteiger charge is -2.26. The fourth-order valence-corrected chi connectivity index (χ4v) is 2.68. The first-order chi connectivity index (χ1) is 10.9. The minimum Gasteiger partial charge on any atom is -0.356 e. The van der Waals surface area contributed by atoms with E-state index in [-0.39, 0.29) is 11.8 Å². The van der Waals surface area contributed by atoms with Gasteiger partial charge in [-0.2, -0.15) is 0 Å². The van der Waals surface area contributed by atoms with Gasteiger partial charge in [-0.05, 0) is 23.5 Å². The Morgan fingerprint density at radius 1 is 1.30 bits per heavy atom. The van der Waals surface area contributed by atoms with Gasteiger partial charge in [0.1, 0.15) is 0 Å². The van der Waals surface area contributed by atoms with E-state index >= 15 is 0 Å². The second-order valence-corrected chi connectivity index (χ2v) is 7.23. The third-order valence-corrected chi connectivity index (χ3v) is 4.01. The number of hydrogen-bond donors (Lipinski definition) is 3. The van der Waals surface area contributed by atoms with Gasteiger partial charge < -0.3 is 16.0 Å². The van der Waals surface area contributed by atoms with Gasteiger partial charge in [0.15, 0.2) is 5.96 Å². The van der Waals surface area contributed by atoms with Gasteiger partial charge in [0, 0.05) is 38.2 Å². The molecule has 1 atom stereocenters. The van der Waals surface area contributed by atoms with Gasteiger partial charge >= 0.3 is 0 Å². The number of fused-ring (bicyclic) bond motifs is 1. The quantitative estimate of drug-likeness (QED) is 0.591. The summed E-state index contributed by atoms with van der Waals surface area (Å²) >= 11 is 0. The zero-order valence-corrected chi connectivity index (χ0v) is 14.6. The van der Waals surface area contributed by atoms with E-state index in [1.165, 1.54) is 5.56 Å². The van der Waals surface area contributed by atoms with Gasteiger partial charge in [0.25, 0.3) is 0 Å². The summed E-state index contributed by atoms with van der Waals surface area (Å²) in [6.07, 6.45) is 1.57. The van der Waals surface area contributed by atoms with Crippen LogP contribution >= 0.6 is 0 Å². The average Bonchev–Trinajstić information content (AvgIpc) is 2.49. The van der Waals surface area contributed by atoms with Crippen LogP contribution in [0.4, 0.5) is 5.69 Å². The number of para-hydroxylation sites is 1. The Hall–Kier alpha value is -2.04. The van der Waals surface area contributed by atoms with Crippen LogP contribution in [-0.4, -0.2) is 32.0 Å². The second kappa shape index (κ2) is 7.49. The van der Waals surface area contributed by atoms with Crippen molar-refractivity contribution in [2.24, 2.45) is 10.4 Å². The van der Waals surface area contributed by atoms with Gasteiger partial charge in [-0.3, -0.25) is 9.79 Å². The Labute approximate surface area is 139 Å². The molecule has 0 aliphatic carbocycles. The predicted octanol–water partition coefficient (Wildman–Crippen LogP) is 2.71. The van der Waals surface area contributed by atoms with E-state index in [1.54, 1.807) is 7.05 Å². The van der Waals surface area contributed by atoms with Crippen molar-refractivity contribution >= 4 is 17.6 Å². The lowest BCUT2D eigenvalue weighted by atomic mass is 9.90. The van der Waals surface area contributed by atoms with E-state index in [0.29, 0.717) is 18.4 Å². The Kier molecular flexibility index (Phi) is 5.64. The van der Waals surface area contributed by atoms with E-state index in [2.05, 4.69) is 47.8 Å². The van der Waals surface area contributed by atoms with Crippen molar-refractivity contribution < 1.29 is 4.79 Å². The molecule has 0 radical (unpaired) electrons. The molecule has 0 aromatic heterocycles. The minimum absolute atomic E-state index is 0.0752. The normalized spacial score (nSPS) is 18.2. The van der Waals surface area contributed by atoms with Crippen LogP contribution in [0.2, 0.25) is 0 Å². The van der Waals surface area contributed by atoms with E-state index in [1.807, 2.05) is 18.2 Å². The number of guanidine groups is 1. The highest BCUT2D eigenvalue weighted by Gasteiger charge is 2.24. The number of anilines is 1. The molecule has 1 aromatic rings. The Morgan fingerprint density at radius 2 is 2.04 bits per heavy atom. The summed E-state index contributed by atoms with van der Waals surface area (Å²) in [5.41, 5.74) is 2.41. The summed E-state index contributed by atoms with van der Waals surface area (Å²) in [5, 5.41) is 9.61. The van der Waals surface area contributed by atoms with Gasteiger partial charge in [-0.1, -0.05) is 39.0 Å². The molecule has 23 heavy (non-hydrogen) atoms. The summed E-state index contributed by atoms with van der Waals surface area (Å²) < 4.78 is 0. The van der Waals surface area contributed by atoms with Gasteiger partial charge in [0.2, 0.25) is 5.91 Å². The number of amides is 1. The van der Waals surface area contributed by atoms with Gasteiger partial charge in [-0.25, -0.2) is 0 Å². The van der Waals surface area contributed by atoms with Crippen LogP contribution in [0.3, 0.4) is 0 Å². The van der Waals surface area contributed by atoms with Crippen molar-refractivity contribution in [2.75, 3.05) is 25.5 Å². The Bertz CT molecular complexity index is 575. The maximum absolute atomic E-state index is 11.8. The number of carbonyl (C=O) groups excluding carboxylic acids is 1. The smallest absolute Gasteiger partial charge is 0.225 e. The summed E-state index contributed by atoms with van der Waals surface area (Å²) in [5.74, 6) is 1.03. The number of hydrogen-bond acceptors (Lipinski definition) is 2. The van der Waals surface area contributed by atoms with E-state index < -0.39 is 0 Å². The molecule has 0 saturated heterocycles. The predicted molar refractivity (Wildman–Crippen MR) is 95.9 cm³/mol. The third kappa shape index (κ3) is 5.27. The fraction of sp³-hybridized carbons (Fsp3) is 0.556. The molecule has 1 aliphatic rings. The minimum atomic E-state index is 0.0752. The van der Waals surface area contributed by atoms with Crippen LogP contribution in [0.25, 0.3) is 0 Å². The van der Waals surface area contributed by atoms with E-state index in [9.17, 15) is 4.79 Å². The van der Waals surface area contributed by atoms with Crippen LogP contribution in [-0.2, 0) is 4.79 Å². The second-order valence-electron chi connectivity index (χ2n) is 7.23. The molecule has 1 aromatic carbocycles. The number of nitrogens with zero attached hydrogens (tertiary/aromatic N) is 1. The van der Waals surface area contributed by atoms with Crippen molar-refractivity contribution in [3.05, 3.63) is 29.8 Å². The molecule has 1 heterocycles. The standard InChI is InChI=1S/C18H28N4O/c1-18(2,3)9-10-20-17(19-4)21-12-13-11-16(23)22-15-8-6-5-7-14(13)15/h5-8,13H,9-12H2,1-4H3,(H,22,23)(H2,19,20,21). The first-order valence-corrected chi connectivity index (χ1v) is 8.22. The first-order valence-electron chi connectivity index (χ1n) is 8.22. The van der Waals surface area contributed by atoms with Gasteiger partial charge in [0.05, 0.1) is 0 Å². The summed E-state index contributed by atoms with van der Waals surface area (Å²) in [6.45, 7) is 8.25. The van der Waals surface area contributed by atoms with E-state index in [0.717, 1.165) is 24.6 Å². The topological polar surface area (TPSA) is 65.5 Å². The highest BCUT2D eigenvalue weighted by Crippen LogP contribution is 2.31. The van der Waals surface area contributed by atoms with Crippen molar-refractivity contribution in [3.8, 4) is 0 Å². The molecular weight excluding hydrogens is 288 g/mol. The lowest BCUT2D eigenvalue weighted by Crippen LogP contribution is -2.41. The first kappa shape index (κ1) is 17.3. The summed E-state index contributed by atoms with van der Waals surface area (Å²) in [4.78, 5) is 16.1. The zero-order valence-electron chi connectivity index (χ0n) is 14.6. The average molecular weight is 316 g/mol. The van der Waals surface area contributed by atoms with Crippen molar-refractivity contribution in [2.45, 2.75) is 39.5 Å². The highest BCUT2D eigenvalue weighted by molar-refractivity contribution is 5.94. The van der Waals surface area contributed by atoms with Crippen LogP contribution in [0.5, 0.6) is 0 Å². The molecule has 1 unspecified atom stereocenters. The Morgan fingerprint density at radius 3 is 2.74 bits per heavy atom. The van der Waals surface area contributed by atoms with Crippen LogP contribution < -0.4 is 16.0 Å². The van der Waals surface area contributed by atoms with Gasteiger partial charge in [-0.15, -0.1) is 0 Å². The molecule has 0 fully saturated rings. The van der Waals surface area contributed by atoms with Crippen LogP contribution in [0.1, 0.15) is 45.1 Å². The maximum Gasteiger partial charge on any atom is 0.225 e. The number of nitrogens with one attached hydrogen (secondary N) is 3. The zero-order chi connectivity index (χ0) is 16.9. The van der Waals surface area contributed by atoms with E-state index in [4.69, 9.17) is 0 Å². The lowest BCUT2D eigenvalue weighted by molar-refractivity contribution is -0.116. The molecule has 2 rings (SSSR count). The molecule has 0 spiro atoms. The molecule has 1 amide bonds. The van der Waals surface area contributed by atoms with Crippen molar-refractivity contribution in [1.29, 1.82) is 0 Å². The van der Waals surface area contributed by atoms with Crippen molar-refractivity contribution in [1.82, 2.24) is 10.6 Å². The third-order valence-electron chi connectivity index (χ3n) is 4.01. The number of carbonyl (C=O) groups is 1. The monoisotopic (exact) mass is 316 g/mol. The molecule has 0 saturated carbocycles. The molecular formula is C18H28N4O. The van der Waals surface area contributed by atoms with Crippen molar-refractivity contribution in [3.63, 3.8) is 0 Å². The molecule has 126 valence electrons. The summed E-state index contributed by atoms with van der Waals surface area (Å²) in [7, 11) is 1.77. The van der Waals surface area contributed by atoms with Crippen LogP contribution in [0, 0.1) is 5.41 Å². The fourth-order valence-electron chi connectivity index (χ4n) is 2.68. The molecule has 1 aliphatic heterocycles. The number of benzene rings is 1. The molecule has 5 heteroatoms. The SMILES string of the molecule is CN=C(NCCC(C)(C)C)NCC1CC(=O)Nc2ccccc21. The Balaban J connectivity index is 1.91. The summed E-state index contributed by atoms with van der Waals surface area (Å²) in [6, 6.07) is 7.99. The molecule has 3 N–H and O–H groups in total. The highest BCUT2D eigenvalue weighted by atomic mass is 16.1. The molecule has 5 nitrogen and oxygen atoms in total. The number of aliphatic imine (C=N–C) groups is 1. The van der Waals surface area contributed by atoms with Crippen LogP contribution in [0.15, 0.2) is 29.3 Å².